The van der Waals surface area contributed by atoms with Gasteiger partial charge in [-0.3, -0.25) is 19.3 Å². The van der Waals surface area contributed by atoms with E-state index in [4.69, 9.17) is 4.42 Å². The number of rotatable bonds is 8. The standard InChI is InChI=1S/C28H32N4O4/c1-19(33)29-22-12-16-24(17-13-22)32(28(35)25-9-6-18-36-25)26(27(34)30-21-7-4-5-8-21)20-10-14-23(15-11-20)31(2)3/h6,9-18,21,26H,4-5,7-8H2,1-3H3,(H,29,33)(H,30,34)/t26-/m0/s1. The molecule has 2 N–H and O–H groups in total. The highest BCUT2D eigenvalue weighted by Crippen LogP contribution is 2.32. The second-order valence-corrected chi connectivity index (χ2v) is 9.26. The van der Waals surface area contributed by atoms with Crippen molar-refractivity contribution in [1.29, 1.82) is 0 Å². The molecule has 1 fully saturated rings. The zero-order valence-corrected chi connectivity index (χ0v) is 20.9. The minimum atomic E-state index is -0.925. The average molecular weight is 489 g/mol. The predicted molar refractivity (Wildman–Crippen MR) is 140 cm³/mol. The molecule has 1 saturated carbocycles. The van der Waals surface area contributed by atoms with Crippen LogP contribution in [0.25, 0.3) is 0 Å². The van der Waals surface area contributed by atoms with Crippen molar-refractivity contribution in [2.24, 2.45) is 0 Å². The van der Waals surface area contributed by atoms with Gasteiger partial charge in [-0.1, -0.05) is 25.0 Å². The summed E-state index contributed by atoms with van der Waals surface area (Å²) < 4.78 is 5.44. The predicted octanol–water partition coefficient (Wildman–Crippen LogP) is 4.75. The molecule has 0 spiro atoms. The van der Waals surface area contributed by atoms with Gasteiger partial charge in [0.25, 0.3) is 5.91 Å². The Balaban J connectivity index is 1.78. The number of furan rings is 1. The third-order valence-corrected chi connectivity index (χ3v) is 6.35. The van der Waals surface area contributed by atoms with Crippen molar-refractivity contribution in [2.75, 3.05) is 29.2 Å². The Kier molecular flexibility index (Phi) is 7.73. The molecule has 0 bridgehead atoms. The Bertz CT molecular complexity index is 1180. The second kappa shape index (κ2) is 11.1. The Morgan fingerprint density at radius 2 is 1.56 bits per heavy atom. The fourth-order valence-electron chi connectivity index (χ4n) is 4.53. The molecule has 0 unspecified atom stereocenters. The van der Waals surface area contributed by atoms with Crippen molar-refractivity contribution in [2.45, 2.75) is 44.7 Å². The lowest BCUT2D eigenvalue weighted by molar-refractivity contribution is -0.123. The summed E-state index contributed by atoms with van der Waals surface area (Å²) in [6, 6.07) is 16.9. The van der Waals surface area contributed by atoms with Crippen LogP contribution in [0.15, 0.2) is 71.3 Å². The van der Waals surface area contributed by atoms with Gasteiger partial charge in [0, 0.05) is 44.1 Å². The molecule has 4 rings (SSSR count). The summed E-state index contributed by atoms with van der Waals surface area (Å²) in [6.45, 7) is 1.43. The molecule has 188 valence electrons. The van der Waals surface area contributed by atoms with Crippen LogP contribution in [0.3, 0.4) is 0 Å². The van der Waals surface area contributed by atoms with Crippen molar-refractivity contribution in [3.05, 3.63) is 78.3 Å². The quantitative estimate of drug-likeness (QED) is 0.477. The number of nitrogens with zero attached hydrogens (tertiary/aromatic N) is 2. The summed E-state index contributed by atoms with van der Waals surface area (Å²) in [4.78, 5) is 42.5. The van der Waals surface area contributed by atoms with Gasteiger partial charge in [0.15, 0.2) is 5.76 Å². The van der Waals surface area contributed by atoms with Crippen LogP contribution in [0.5, 0.6) is 0 Å². The first kappa shape index (κ1) is 25.0. The summed E-state index contributed by atoms with van der Waals surface area (Å²) in [7, 11) is 3.89. The van der Waals surface area contributed by atoms with Crippen LogP contribution >= 0.6 is 0 Å². The number of nitrogens with one attached hydrogen (secondary N) is 2. The first-order chi connectivity index (χ1) is 17.3. The number of anilines is 3. The maximum Gasteiger partial charge on any atom is 0.294 e. The Hall–Kier alpha value is -4.07. The van der Waals surface area contributed by atoms with Gasteiger partial charge in [-0.05, 0) is 66.9 Å². The summed E-state index contributed by atoms with van der Waals surface area (Å²) in [5.74, 6) is -0.744. The lowest BCUT2D eigenvalue weighted by atomic mass is 10.0. The first-order valence-corrected chi connectivity index (χ1v) is 12.2. The smallest absolute Gasteiger partial charge is 0.294 e. The van der Waals surface area contributed by atoms with Crippen molar-refractivity contribution in [3.8, 4) is 0 Å². The highest BCUT2D eigenvalue weighted by atomic mass is 16.3. The SMILES string of the molecule is CC(=O)Nc1ccc(N(C(=O)c2ccco2)[C@H](C(=O)NC2CCCC2)c2ccc(N(C)C)cc2)cc1. The van der Waals surface area contributed by atoms with Crippen LogP contribution in [-0.2, 0) is 9.59 Å². The van der Waals surface area contributed by atoms with Gasteiger partial charge in [0.05, 0.1) is 6.26 Å². The molecule has 1 aliphatic carbocycles. The van der Waals surface area contributed by atoms with Crippen molar-refractivity contribution < 1.29 is 18.8 Å². The highest BCUT2D eigenvalue weighted by molar-refractivity contribution is 6.08. The monoisotopic (exact) mass is 488 g/mol. The van der Waals surface area contributed by atoms with Gasteiger partial charge in [0.1, 0.15) is 6.04 Å². The Morgan fingerprint density at radius 1 is 0.917 bits per heavy atom. The van der Waals surface area contributed by atoms with E-state index >= 15 is 0 Å². The lowest BCUT2D eigenvalue weighted by Gasteiger charge is -2.32. The largest absolute Gasteiger partial charge is 0.459 e. The minimum absolute atomic E-state index is 0.0868. The van der Waals surface area contributed by atoms with Crippen molar-refractivity contribution in [3.63, 3.8) is 0 Å². The zero-order valence-electron chi connectivity index (χ0n) is 20.9. The first-order valence-electron chi connectivity index (χ1n) is 12.2. The molecule has 1 heterocycles. The third kappa shape index (κ3) is 5.76. The summed E-state index contributed by atoms with van der Waals surface area (Å²) in [5, 5.41) is 5.90. The van der Waals surface area contributed by atoms with Gasteiger partial charge in [-0.15, -0.1) is 0 Å². The van der Waals surface area contributed by atoms with Crippen LogP contribution in [-0.4, -0.2) is 37.9 Å². The Morgan fingerprint density at radius 3 is 2.11 bits per heavy atom. The highest BCUT2D eigenvalue weighted by Gasteiger charge is 2.35. The molecule has 36 heavy (non-hydrogen) atoms. The van der Waals surface area contributed by atoms with E-state index in [1.807, 2.05) is 43.3 Å². The van der Waals surface area contributed by atoms with E-state index in [0.717, 1.165) is 31.4 Å². The fourth-order valence-corrected chi connectivity index (χ4v) is 4.53. The van der Waals surface area contributed by atoms with Crippen molar-refractivity contribution >= 4 is 34.8 Å². The van der Waals surface area contributed by atoms with Crippen LogP contribution in [0.2, 0.25) is 0 Å². The molecular formula is C28H32N4O4. The van der Waals surface area contributed by atoms with Crippen LogP contribution in [0, 0.1) is 0 Å². The van der Waals surface area contributed by atoms with Gasteiger partial charge in [-0.2, -0.15) is 0 Å². The Labute approximate surface area is 211 Å². The van der Waals surface area contributed by atoms with Gasteiger partial charge < -0.3 is 20.0 Å². The van der Waals surface area contributed by atoms with E-state index in [2.05, 4.69) is 10.6 Å². The molecule has 1 aromatic heterocycles. The van der Waals surface area contributed by atoms with Crippen LogP contribution < -0.4 is 20.4 Å². The van der Waals surface area contributed by atoms with E-state index in [9.17, 15) is 14.4 Å². The maximum atomic E-state index is 13.8. The van der Waals surface area contributed by atoms with E-state index in [0.29, 0.717) is 16.9 Å². The molecular weight excluding hydrogens is 456 g/mol. The molecule has 1 aliphatic rings. The zero-order chi connectivity index (χ0) is 25.7. The molecule has 0 saturated heterocycles. The molecule has 1 atom stereocenters. The normalized spacial score (nSPS) is 14.2. The number of hydrogen-bond acceptors (Lipinski definition) is 5. The van der Waals surface area contributed by atoms with Crippen LogP contribution in [0.1, 0.15) is 54.8 Å². The topological polar surface area (TPSA) is 94.9 Å². The van der Waals surface area contributed by atoms with Gasteiger partial charge in [-0.25, -0.2) is 0 Å². The molecule has 2 aromatic carbocycles. The van der Waals surface area contributed by atoms with E-state index in [-0.39, 0.29) is 23.6 Å². The average Bonchev–Trinajstić information content (AvgIpc) is 3.57. The molecule has 3 amide bonds. The second-order valence-electron chi connectivity index (χ2n) is 9.26. The van der Waals surface area contributed by atoms with E-state index < -0.39 is 11.9 Å². The van der Waals surface area contributed by atoms with Crippen molar-refractivity contribution in [1.82, 2.24) is 5.32 Å². The molecule has 8 nitrogen and oxygen atoms in total. The van der Waals surface area contributed by atoms with Gasteiger partial charge in [0.2, 0.25) is 11.8 Å². The number of benzene rings is 2. The molecule has 3 aromatic rings. The minimum Gasteiger partial charge on any atom is -0.459 e. The molecule has 0 radical (unpaired) electrons. The third-order valence-electron chi connectivity index (χ3n) is 6.35. The van der Waals surface area contributed by atoms with E-state index in [1.165, 1.54) is 18.1 Å². The molecule has 8 heteroatoms. The lowest BCUT2D eigenvalue weighted by Crippen LogP contribution is -2.46. The number of carbonyl (C=O) groups excluding carboxylic acids is 3. The number of hydrogen-bond donors (Lipinski definition) is 2. The summed E-state index contributed by atoms with van der Waals surface area (Å²) >= 11 is 0. The summed E-state index contributed by atoms with van der Waals surface area (Å²) in [5.41, 5.74) is 2.77. The van der Waals surface area contributed by atoms with Gasteiger partial charge >= 0.3 is 0 Å². The molecule has 0 aliphatic heterocycles. The van der Waals surface area contributed by atoms with Crippen LogP contribution in [0.4, 0.5) is 17.1 Å². The number of amides is 3. The maximum absolute atomic E-state index is 13.8. The summed E-state index contributed by atoms with van der Waals surface area (Å²) in [6.07, 6.45) is 5.44. The number of carbonyl (C=O) groups is 3. The van der Waals surface area contributed by atoms with E-state index in [1.54, 1.807) is 36.4 Å². The fraction of sp³-hybridized carbons (Fsp3) is 0.321.